The second kappa shape index (κ2) is 4.73. The summed E-state index contributed by atoms with van der Waals surface area (Å²) in [6.07, 6.45) is -9.93. The number of carbonyl (C=O) groups excluding carboxylic acids is 1. The number of rotatable bonds is 1. The van der Waals surface area contributed by atoms with Crippen LogP contribution < -0.4 is 5.32 Å². The lowest BCUT2D eigenvalue weighted by atomic mass is 9.85. The molecule has 1 N–H and O–H groups in total. The van der Waals surface area contributed by atoms with Gasteiger partial charge < -0.3 is 5.32 Å². The van der Waals surface area contributed by atoms with E-state index in [2.05, 4.69) is 0 Å². The zero-order chi connectivity index (χ0) is 13.3. The SMILES string of the molecule is O=C(NC1CCC(C(F)(F)F)CC1)C(F)(F)F. The van der Waals surface area contributed by atoms with Crippen molar-refractivity contribution in [1.82, 2.24) is 5.32 Å². The highest BCUT2D eigenvalue weighted by Gasteiger charge is 2.44. The number of hydrogen-bond donors (Lipinski definition) is 1. The largest absolute Gasteiger partial charge is 0.471 e. The zero-order valence-corrected chi connectivity index (χ0v) is 8.66. The van der Waals surface area contributed by atoms with Crippen molar-refractivity contribution in [2.45, 2.75) is 44.1 Å². The predicted molar refractivity (Wildman–Crippen MR) is 46.0 cm³/mol. The molecule has 0 bridgehead atoms. The van der Waals surface area contributed by atoms with E-state index in [-0.39, 0.29) is 25.7 Å². The van der Waals surface area contributed by atoms with Crippen molar-refractivity contribution in [2.75, 3.05) is 0 Å². The summed E-state index contributed by atoms with van der Waals surface area (Å²) in [5.74, 6) is -3.56. The van der Waals surface area contributed by atoms with E-state index < -0.39 is 30.2 Å². The van der Waals surface area contributed by atoms with Gasteiger partial charge in [-0.1, -0.05) is 0 Å². The topological polar surface area (TPSA) is 29.1 Å². The molecular weight excluding hydrogens is 252 g/mol. The Bertz CT molecular complexity index is 276. The molecule has 8 heteroatoms. The smallest absolute Gasteiger partial charge is 0.346 e. The third-order valence-corrected chi connectivity index (χ3v) is 2.78. The van der Waals surface area contributed by atoms with Gasteiger partial charge in [0.2, 0.25) is 0 Å². The number of carbonyl (C=O) groups is 1. The van der Waals surface area contributed by atoms with Crippen molar-refractivity contribution in [3.63, 3.8) is 0 Å². The summed E-state index contributed by atoms with van der Waals surface area (Å²) in [6, 6.07) is -0.817. The van der Waals surface area contributed by atoms with Crippen LogP contribution in [0.1, 0.15) is 25.7 Å². The van der Waals surface area contributed by atoms with Gasteiger partial charge in [-0.15, -0.1) is 0 Å². The van der Waals surface area contributed by atoms with E-state index >= 15 is 0 Å². The van der Waals surface area contributed by atoms with Crippen LogP contribution in [0.25, 0.3) is 0 Å². The molecule has 1 saturated carbocycles. The number of hydrogen-bond acceptors (Lipinski definition) is 1. The Balaban J connectivity index is 2.41. The summed E-state index contributed by atoms with van der Waals surface area (Å²) >= 11 is 0. The van der Waals surface area contributed by atoms with Crippen LogP contribution in [0, 0.1) is 5.92 Å². The molecule has 1 fully saturated rings. The first kappa shape index (κ1) is 14.1. The first-order valence-electron chi connectivity index (χ1n) is 5.05. The lowest BCUT2D eigenvalue weighted by molar-refractivity contribution is -0.184. The van der Waals surface area contributed by atoms with Crippen LogP contribution in [-0.4, -0.2) is 24.3 Å². The van der Waals surface area contributed by atoms with E-state index in [4.69, 9.17) is 0 Å². The minimum absolute atomic E-state index is 0.0774. The van der Waals surface area contributed by atoms with Crippen molar-refractivity contribution >= 4 is 5.91 Å². The van der Waals surface area contributed by atoms with Gasteiger partial charge >= 0.3 is 18.3 Å². The van der Waals surface area contributed by atoms with E-state index in [0.717, 1.165) is 0 Å². The maximum absolute atomic E-state index is 12.3. The van der Waals surface area contributed by atoms with E-state index in [0.29, 0.717) is 0 Å². The van der Waals surface area contributed by atoms with Crippen molar-refractivity contribution in [3.05, 3.63) is 0 Å². The van der Waals surface area contributed by atoms with Gasteiger partial charge in [0.05, 0.1) is 5.92 Å². The lowest BCUT2D eigenvalue weighted by Crippen LogP contribution is -2.45. The third-order valence-electron chi connectivity index (χ3n) is 2.78. The quantitative estimate of drug-likeness (QED) is 0.724. The maximum Gasteiger partial charge on any atom is 0.471 e. The van der Waals surface area contributed by atoms with E-state index in [1.807, 2.05) is 0 Å². The molecule has 1 rings (SSSR count). The van der Waals surface area contributed by atoms with Crippen molar-refractivity contribution in [1.29, 1.82) is 0 Å². The molecule has 1 amide bonds. The van der Waals surface area contributed by atoms with Crippen LogP contribution in [0.5, 0.6) is 0 Å². The molecule has 0 unspecified atom stereocenters. The van der Waals surface area contributed by atoms with Crippen LogP contribution in [0.2, 0.25) is 0 Å². The molecule has 100 valence electrons. The molecule has 0 saturated heterocycles. The molecule has 1 aliphatic carbocycles. The van der Waals surface area contributed by atoms with Gasteiger partial charge in [0.1, 0.15) is 0 Å². The summed E-state index contributed by atoms with van der Waals surface area (Å²) in [7, 11) is 0. The van der Waals surface area contributed by atoms with Crippen molar-refractivity contribution < 1.29 is 31.1 Å². The van der Waals surface area contributed by atoms with Gasteiger partial charge in [0, 0.05) is 6.04 Å². The molecule has 0 aromatic carbocycles. The first-order chi connectivity index (χ1) is 7.60. The average molecular weight is 263 g/mol. The van der Waals surface area contributed by atoms with E-state index in [1.54, 1.807) is 5.32 Å². The second-order valence-corrected chi connectivity index (χ2v) is 4.06. The number of nitrogens with one attached hydrogen (secondary N) is 1. The Kier molecular flexibility index (Phi) is 3.93. The summed E-state index contributed by atoms with van der Waals surface area (Å²) in [6.45, 7) is 0. The zero-order valence-electron chi connectivity index (χ0n) is 8.66. The summed E-state index contributed by atoms with van der Waals surface area (Å²) in [4.78, 5) is 10.6. The van der Waals surface area contributed by atoms with Crippen molar-refractivity contribution in [2.24, 2.45) is 5.92 Å². The maximum atomic E-state index is 12.3. The molecule has 1 aliphatic rings. The van der Waals surface area contributed by atoms with Gasteiger partial charge in [-0.25, -0.2) is 0 Å². The monoisotopic (exact) mass is 263 g/mol. The second-order valence-electron chi connectivity index (χ2n) is 4.06. The lowest BCUT2D eigenvalue weighted by Gasteiger charge is -2.30. The van der Waals surface area contributed by atoms with Crippen LogP contribution in [0.4, 0.5) is 26.3 Å². The molecular formula is C9H11F6NO. The minimum Gasteiger partial charge on any atom is -0.346 e. The normalized spacial score (nSPS) is 26.7. The third kappa shape index (κ3) is 4.08. The fourth-order valence-electron chi connectivity index (χ4n) is 1.83. The Hall–Kier alpha value is -0.950. The Morgan fingerprint density at radius 3 is 1.76 bits per heavy atom. The average Bonchev–Trinajstić information content (AvgIpc) is 2.15. The molecule has 0 atom stereocenters. The highest BCUT2D eigenvalue weighted by molar-refractivity contribution is 5.81. The van der Waals surface area contributed by atoms with Crippen LogP contribution in [0.3, 0.4) is 0 Å². The summed E-state index contributed by atoms with van der Waals surface area (Å²) < 4.78 is 72.4. The van der Waals surface area contributed by atoms with E-state index in [1.165, 1.54) is 0 Å². The van der Waals surface area contributed by atoms with Crippen LogP contribution in [0.15, 0.2) is 0 Å². The molecule has 2 nitrogen and oxygen atoms in total. The summed E-state index contributed by atoms with van der Waals surface area (Å²) in [5, 5.41) is 1.70. The van der Waals surface area contributed by atoms with Crippen LogP contribution in [-0.2, 0) is 4.79 Å². The standard InChI is InChI=1S/C9H11F6NO/c10-8(11,12)5-1-3-6(4-2-5)16-7(17)9(13,14)15/h5-6H,1-4H2,(H,16,17). The Morgan fingerprint density at radius 2 is 1.41 bits per heavy atom. The number of amides is 1. The van der Waals surface area contributed by atoms with Crippen LogP contribution >= 0.6 is 0 Å². The number of alkyl halides is 6. The molecule has 17 heavy (non-hydrogen) atoms. The van der Waals surface area contributed by atoms with E-state index in [9.17, 15) is 31.1 Å². The molecule has 0 aromatic heterocycles. The highest BCUT2D eigenvalue weighted by Crippen LogP contribution is 2.37. The van der Waals surface area contributed by atoms with Gasteiger partial charge in [0.25, 0.3) is 0 Å². The predicted octanol–water partition coefficient (Wildman–Crippen LogP) is 2.79. The van der Waals surface area contributed by atoms with Gasteiger partial charge in [0.15, 0.2) is 0 Å². The Morgan fingerprint density at radius 1 is 0.941 bits per heavy atom. The summed E-state index contributed by atoms with van der Waals surface area (Å²) in [5.41, 5.74) is 0. The Labute approximate surface area is 93.4 Å². The molecule has 0 radical (unpaired) electrons. The highest BCUT2D eigenvalue weighted by atomic mass is 19.4. The van der Waals surface area contributed by atoms with Gasteiger partial charge in [-0.05, 0) is 25.7 Å². The molecule has 0 aromatic rings. The van der Waals surface area contributed by atoms with Crippen molar-refractivity contribution in [3.8, 4) is 0 Å². The van der Waals surface area contributed by atoms with Gasteiger partial charge in [-0.2, -0.15) is 26.3 Å². The first-order valence-corrected chi connectivity index (χ1v) is 5.05. The molecule has 0 spiro atoms. The fraction of sp³-hybridized carbons (Fsp3) is 0.889. The minimum atomic E-state index is -4.99. The fourth-order valence-corrected chi connectivity index (χ4v) is 1.83. The number of halogens is 6. The molecule has 0 heterocycles. The molecule has 0 aliphatic heterocycles. The van der Waals surface area contributed by atoms with Gasteiger partial charge in [-0.3, -0.25) is 4.79 Å².